The second-order valence-electron chi connectivity index (χ2n) is 3.78. The Balaban J connectivity index is 2.03. The zero-order valence-electron chi connectivity index (χ0n) is 7.60. The topological polar surface area (TPSA) is 24.4 Å². The minimum Gasteiger partial charge on any atom is -0.359 e. The highest BCUT2D eigenvalue weighted by Gasteiger charge is 2.37. The summed E-state index contributed by atoms with van der Waals surface area (Å²) in [5, 5.41) is 4.72. The van der Waals surface area contributed by atoms with E-state index in [1.807, 2.05) is 18.8 Å². The molecule has 1 aliphatic carbocycles. The van der Waals surface area contributed by atoms with Crippen LogP contribution in [0, 0.1) is 0 Å². The first-order valence-corrected chi connectivity index (χ1v) is 5.71. The van der Waals surface area contributed by atoms with Crippen LogP contribution in [0.5, 0.6) is 0 Å². The zero-order valence-corrected chi connectivity index (χ0v) is 8.41. The molecule has 2 fully saturated rings. The van der Waals surface area contributed by atoms with Crippen LogP contribution in [-0.4, -0.2) is 23.5 Å². The van der Waals surface area contributed by atoms with E-state index < -0.39 is 0 Å². The number of rotatable bonds is 0. The summed E-state index contributed by atoms with van der Waals surface area (Å²) in [6.07, 6.45) is 6.90. The molecule has 12 heavy (non-hydrogen) atoms. The largest absolute Gasteiger partial charge is 0.359 e. The smallest absolute Gasteiger partial charge is 0.156 e. The van der Waals surface area contributed by atoms with Crippen molar-refractivity contribution in [3.8, 4) is 0 Å². The Kier molecular flexibility index (Phi) is 2.31. The van der Waals surface area contributed by atoms with Crippen molar-refractivity contribution in [3.05, 3.63) is 0 Å². The third-order valence-corrected chi connectivity index (χ3v) is 4.13. The number of thioether (sulfide) groups is 1. The molecular weight excluding hydrogens is 168 g/mol. The summed E-state index contributed by atoms with van der Waals surface area (Å²) >= 11 is 1.89. The Hall–Kier alpha value is -0.180. The van der Waals surface area contributed by atoms with Crippen molar-refractivity contribution >= 4 is 16.9 Å². The summed E-state index contributed by atoms with van der Waals surface area (Å²) in [7, 11) is 1.87. The van der Waals surface area contributed by atoms with Gasteiger partial charge in [-0.3, -0.25) is 4.99 Å². The molecule has 0 unspecified atom stereocenters. The highest BCUT2D eigenvalue weighted by atomic mass is 32.2. The van der Waals surface area contributed by atoms with E-state index in [-0.39, 0.29) is 0 Å². The maximum absolute atomic E-state index is 4.21. The Morgan fingerprint density at radius 3 is 2.67 bits per heavy atom. The molecule has 0 atom stereocenters. The van der Waals surface area contributed by atoms with Crippen LogP contribution in [-0.2, 0) is 0 Å². The number of aliphatic imine (C=N–C) groups is 1. The average Bonchev–Trinajstić information content (AvgIpc) is 2.50. The quantitative estimate of drug-likeness (QED) is 0.623. The first kappa shape index (κ1) is 8.42. The molecule has 0 bridgehead atoms. The second kappa shape index (κ2) is 3.29. The van der Waals surface area contributed by atoms with E-state index in [0.717, 1.165) is 5.17 Å². The molecule has 1 N–H and O–H groups in total. The van der Waals surface area contributed by atoms with Crippen LogP contribution in [0.4, 0.5) is 0 Å². The van der Waals surface area contributed by atoms with E-state index in [1.165, 1.54) is 37.9 Å². The predicted molar refractivity (Wildman–Crippen MR) is 54.8 cm³/mol. The number of amidine groups is 1. The molecule has 2 rings (SSSR count). The molecule has 1 saturated heterocycles. The molecule has 0 amide bonds. The Morgan fingerprint density at radius 1 is 1.33 bits per heavy atom. The molecule has 1 heterocycles. The molecule has 0 aromatic heterocycles. The van der Waals surface area contributed by atoms with Crippen LogP contribution in [0.3, 0.4) is 0 Å². The molecule has 0 radical (unpaired) electrons. The van der Waals surface area contributed by atoms with Crippen molar-refractivity contribution in [1.82, 2.24) is 5.32 Å². The lowest BCUT2D eigenvalue weighted by Gasteiger charge is -2.32. The summed E-state index contributed by atoms with van der Waals surface area (Å²) in [4.78, 5) is 4.21. The monoisotopic (exact) mass is 184 g/mol. The van der Waals surface area contributed by atoms with E-state index in [0.29, 0.717) is 5.54 Å². The normalized spacial score (nSPS) is 30.9. The van der Waals surface area contributed by atoms with E-state index in [2.05, 4.69) is 10.3 Å². The van der Waals surface area contributed by atoms with Crippen LogP contribution in [0.15, 0.2) is 4.99 Å². The Bertz CT molecular complexity index is 195. The van der Waals surface area contributed by atoms with Crippen molar-refractivity contribution < 1.29 is 0 Å². The Morgan fingerprint density at radius 2 is 2.08 bits per heavy atom. The van der Waals surface area contributed by atoms with Gasteiger partial charge in [0.25, 0.3) is 0 Å². The third kappa shape index (κ3) is 1.47. The van der Waals surface area contributed by atoms with Crippen molar-refractivity contribution in [2.45, 2.75) is 37.6 Å². The molecule has 3 heteroatoms. The molecule has 2 aliphatic rings. The molecule has 1 aliphatic heterocycles. The van der Waals surface area contributed by atoms with Crippen LogP contribution in [0.25, 0.3) is 0 Å². The van der Waals surface area contributed by atoms with Crippen LogP contribution < -0.4 is 5.32 Å². The van der Waals surface area contributed by atoms with Gasteiger partial charge < -0.3 is 5.32 Å². The van der Waals surface area contributed by atoms with Crippen molar-refractivity contribution in [1.29, 1.82) is 0 Å². The average molecular weight is 184 g/mol. The lowest BCUT2D eigenvalue weighted by Crippen LogP contribution is -2.45. The molecule has 1 saturated carbocycles. The van der Waals surface area contributed by atoms with E-state index in [9.17, 15) is 0 Å². The summed E-state index contributed by atoms with van der Waals surface area (Å²) < 4.78 is 0. The van der Waals surface area contributed by atoms with Crippen molar-refractivity contribution in [2.75, 3.05) is 12.8 Å². The lowest BCUT2D eigenvalue weighted by molar-refractivity contribution is 0.304. The van der Waals surface area contributed by atoms with Gasteiger partial charge in [-0.25, -0.2) is 0 Å². The van der Waals surface area contributed by atoms with Gasteiger partial charge in [0.1, 0.15) is 0 Å². The van der Waals surface area contributed by atoms with E-state index in [1.54, 1.807) is 0 Å². The first-order valence-electron chi connectivity index (χ1n) is 4.72. The summed E-state index contributed by atoms with van der Waals surface area (Å²) in [6, 6.07) is 0. The SMILES string of the molecule is CN=C1NC2(CCCCC2)CS1. The third-order valence-electron chi connectivity index (χ3n) is 2.87. The van der Waals surface area contributed by atoms with Gasteiger partial charge in [-0.05, 0) is 12.8 Å². The molecular formula is C9H16N2S. The molecule has 2 nitrogen and oxygen atoms in total. The standard InChI is InChI=1S/C9H16N2S/c1-10-8-11-9(7-12-8)5-3-2-4-6-9/h2-7H2,1H3,(H,10,11). The highest BCUT2D eigenvalue weighted by Crippen LogP contribution is 2.35. The van der Waals surface area contributed by atoms with Gasteiger partial charge in [-0.2, -0.15) is 0 Å². The van der Waals surface area contributed by atoms with E-state index >= 15 is 0 Å². The minimum absolute atomic E-state index is 0.428. The predicted octanol–water partition coefficient (Wildman–Crippen LogP) is 2.01. The fraction of sp³-hybridized carbons (Fsp3) is 0.889. The van der Waals surface area contributed by atoms with Crippen LogP contribution in [0.1, 0.15) is 32.1 Å². The molecule has 1 spiro atoms. The van der Waals surface area contributed by atoms with Crippen LogP contribution >= 0.6 is 11.8 Å². The van der Waals surface area contributed by atoms with Gasteiger partial charge >= 0.3 is 0 Å². The second-order valence-corrected chi connectivity index (χ2v) is 4.75. The summed E-state index contributed by atoms with van der Waals surface area (Å²) in [5.41, 5.74) is 0.428. The van der Waals surface area contributed by atoms with Gasteiger partial charge in [-0.15, -0.1) is 0 Å². The molecule has 0 aromatic carbocycles. The van der Waals surface area contributed by atoms with E-state index in [4.69, 9.17) is 0 Å². The van der Waals surface area contributed by atoms with Gasteiger partial charge in [0.05, 0.1) is 0 Å². The van der Waals surface area contributed by atoms with Gasteiger partial charge in [0, 0.05) is 18.3 Å². The fourth-order valence-corrected chi connectivity index (χ4v) is 3.32. The molecule has 68 valence electrons. The first-order chi connectivity index (χ1) is 5.85. The minimum atomic E-state index is 0.428. The number of nitrogens with zero attached hydrogens (tertiary/aromatic N) is 1. The summed E-state index contributed by atoms with van der Waals surface area (Å²) in [6.45, 7) is 0. The van der Waals surface area contributed by atoms with Crippen molar-refractivity contribution in [2.24, 2.45) is 4.99 Å². The van der Waals surface area contributed by atoms with Crippen LogP contribution in [0.2, 0.25) is 0 Å². The number of hydrogen-bond acceptors (Lipinski definition) is 2. The number of nitrogens with one attached hydrogen (secondary N) is 1. The maximum atomic E-state index is 4.21. The van der Waals surface area contributed by atoms with Crippen molar-refractivity contribution in [3.63, 3.8) is 0 Å². The number of hydrogen-bond donors (Lipinski definition) is 1. The van der Waals surface area contributed by atoms with Gasteiger partial charge in [-0.1, -0.05) is 31.0 Å². The van der Waals surface area contributed by atoms with Gasteiger partial charge in [0.2, 0.25) is 0 Å². The Labute approximate surface area is 78.2 Å². The lowest BCUT2D eigenvalue weighted by atomic mass is 9.83. The fourth-order valence-electron chi connectivity index (χ4n) is 2.12. The highest BCUT2D eigenvalue weighted by molar-refractivity contribution is 8.14. The molecule has 0 aromatic rings. The summed E-state index contributed by atoms with van der Waals surface area (Å²) in [5.74, 6) is 1.24. The zero-order chi connectivity index (χ0) is 8.44. The maximum Gasteiger partial charge on any atom is 0.156 e. The van der Waals surface area contributed by atoms with Gasteiger partial charge in [0.15, 0.2) is 5.17 Å².